The first kappa shape index (κ1) is 10.5. The van der Waals surface area contributed by atoms with E-state index in [0.717, 1.165) is 6.42 Å². The van der Waals surface area contributed by atoms with E-state index in [0.29, 0.717) is 18.1 Å². The second-order valence-electron chi connectivity index (χ2n) is 2.70. The number of rotatable bonds is 4. The first-order valence-corrected chi connectivity index (χ1v) is 4.37. The maximum absolute atomic E-state index is 11.1. The van der Waals surface area contributed by atoms with Gasteiger partial charge in [-0.2, -0.15) is 0 Å². The predicted molar refractivity (Wildman–Crippen MR) is 51.7 cm³/mol. The number of pyridine rings is 1. The average Bonchev–Trinajstić information content (AvgIpc) is 2.25. The highest BCUT2D eigenvalue weighted by Crippen LogP contribution is 2.09. The molecule has 5 heteroatoms. The number of hydrogen-bond acceptors (Lipinski definition) is 4. The molecule has 0 saturated carbocycles. The van der Waals surface area contributed by atoms with Gasteiger partial charge in [-0.15, -0.1) is 0 Å². The highest BCUT2D eigenvalue weighted by atomic mass is 16.5. The Morgan fingerprint density at radius 3 is 3.14 bits per heavy atom. The average molecular weight is 195 g/mol. The van der Waals surface area contributed by atoms with Crippen molar-refractivity contribution in [3.05, 3.63) is 23.9 Å². The Morgan fingerprint density at radius 2 is 2.50 bits per heavy atom. The van der Waals surface area contributed by atoms with Gasteiger partial charge < -0.3 is 4.74 Å². The van der Waals surface area contributed by atoms with Crippen LogP contribution < -0.4 is 16.0 Å². The van der Waals surface area contributed by atoms with Gasteiger partial charge in [-0.3, -0.25) is 10.2 Å². The zero-order valence-electron chi connectivity index (χ0n) is 7.99. The summed E-state index contributed by atoms with van der Waals surface area (Å²) in [4.78, 5) is 15.1. The zero-order valence-corrected chi connectivity index (χ0v) is 7.99. The van der Waals surface area contributed by atoms with E-state index in [9.17, 15) is 4.79 Å². The number of aromatic nitrogens is 1. The molecule has 0 spiro atoms. The lowest BCUT2D eigenvalue weighted by atomic mass is 10.2. The molecular formula is C9H13N3O2. The van der Waals surface area contributed by atoms with Crippen LogP contribution in [0, 0.1) is 0 Å². The number of nitrogens with one attached hydrogen (secondary N) is 1. The standard InChI is InChI=1S/C9H13N3O2/c1-2-5-14-8-6-7(3-4-11-8)9(13)12-10/h3-4,6H,2,5,10H2,1H3,(H,12,13). The van der Waals surface area contributed by atoms with Crippen molar-refractivity contribution < 1.29 is 9.53 Å². The Balaban J connectivity index is 2.73. The van der Waals surface area contributed by atoms with Crippen molar-refractivity contribution >= 4 is 5.91 Å². The highest BCUT2D eigenvalue weighted by Gasteiger charge is 2.04. The van der Waals surface area contributed by atoms with Gasteiger partial charge in [0.15, 0.2) is 0 Å². The molecule has 0 bridgehead atoms. The fraction of sp³-hybridized carbons (Fsp3) is 0.333. The van der Waals surface area contributed by atoms with E-state index < -0.39 is 0 Å². The molecule has 3 N–H and O–H groups in total. The molecule has 0 saturated heterocycles. The molecule has 76 valence electrons. The van der Waals surface area contributed by atoms with Crippen LogP contribution in [0.3, 0.4) is 0 Å². The maximum Gasteiger partial charge on any atom is 0.265 e. The second-order valence-corrected chi connectivity index (χ2v) is 2.70. The molecule has 1 amide bonds. The van der Waals surface area contributed by atoms with Gasteiger partial charge in [0.2, 0.25) is 5.88 Å². The number of nitrogens with zero attached hydrogens (tertiary/aromatic N) is 1. The van der Waals surface area contributed by atoms with Crippen LogP contribution in [-0.2, 0) is 0 Å². The smallest absolute Gasteiger partial charge is 0.265 e. The summed E-state index contributed by atoms with van der Waals surface area (Å²) in [5, 5.41) is 0. The molecule has 5 nitrogen and oxygen atoms in total. The van der Waals surface area contributed by atoms with Crippen LogP contribution in [0.2, 0.25) is 0 Å². The minimum Gasteiger partial charge on any atom is -0.478 e. The summed E-state index contributed by atoms with van der Waals surface area (Å²) in [6.07, 6.45) is 2.41. The minimum atomic E-state index is -0.353. The molecule has 0 aliphatic carbocycles. The maximum atomic E-state index is 11.1. The van der Waals surface area contributed by atoms with Crippen molar-refractivity contribution in [3.8, 4) is 5.88 Å². The minimum absolute atomic E-state index is 0.353. The van der Waals surface area contributed by atoms with Gasteiger partial charge >= 0.3 is 0 Å². The van der Waals surface area contributed by atoms with Crippen LogP contribution in [-0.4, -0.2) is 17.5 Å². The highest BCUT2D eigenvalue weighted by molar-refractivity contribution is 5.93. The van der Waals surface area contributed by atoms with Gasteiger partial charge in [0.1, 0.15) is 0 Å². The molecule has 0 aliphatic heterocycles. The largest absolute Gasteiger partial charge is 0.478 e. The summed E-state index contributed by atoms with van der Waals surface area (Å²) in [6.45, 7) is 2.58. The Labute approximate surface area is 82.2 Å². The van der Waals surface area contributed by atoms with Crippen molar-refractivity contribution in [1.29, 1.82) is 0 Å². The van der Waals surface area contributed by atoms with Gasteiger partial charge in [0.25, 0.3) is 5.91 Å². The summed E-state index contributed by atoms with van der Waals surface area (Å²) in [5.41, 5.74) is 2.48. The number of hydrazine groups is 1. The molecule has 0 radical (unpaired) electrons. The van der Waals surface area contributed by atoms with E-state index >= 15 is 0 Å². The van der Waals surface area contributed by atoms with Crippen LogP contribution in [0.1, 0.15) is 23.7 Å². The first-order chi connectivity index (χ1) is 6.77. The van der Waals surface area contributed by atoms with E-state index in [2.05, 4.69) is 4.98 Å². The predicted octanol–water partition coefficient (Wildman–Crippen LogP) is 0.474. The third-order valence-electron chi connectivity index (χ3n) is 1.58. The Bertz CT molecular complexity index is 315. The number of amides is 1. The van der Waals surface area contributed by atoms with Crippen molar-refractivity contribution in [2.75, 3.05) is 6.61 Å². The topological polar surface area (TPSA) is 77.2 Å². The van der Waals surface area contributed by atoms with E-state index in [1.807, 2.05) is 12.3 Å². The van der Waals surface area contributed by atoms with Crippen LogP contribution in [0.4, 0.5) is 0 Å². The molecule has 0 fully saturated rings. The molecule has 0 aromatic carbocycles. The monoisotopic (exact) mass is 195 g/mol. The van der Waals surface area contributed by atoms with Crippen molar-refractivity contribution in [2.45, 2.75) is 13.3 Å². The van der Waals surface area contributed by atoms with Crippen LogP contribution in [0.5, 0.6) is 5.88 Å². The third kappa shape index (κ3) is 2.70. The fourth-order valence-corrected chi connectivity index (χ4v) is 0.920. The van der Waals surface area contributed by atoms with Crippen LogP contribution in [0.25, 0.3) is 0 Å². The number of ether oxygens (including phenoxy) is 1. The fourth-order valence-electron chi connectivity index (χ4n) is 0.920. The zero-order chi connectivity index (χ0) is 10.4. The lowest BCUT2D eigenvalue weighted by molar-refractivity contribution is 0.0953. The second kappa shape index (κ2) is 5.18. The summed E-state index contributed by atoms with van der Waals surface area (Å²) in [7, 11) is 0. The normalized spacial score (nSPS) is 9.57. The number of carbonyl (C=O) groups excluding carboxylic acids is 1. The molecule has 0 atom stereocenters. The quantitative estimate of drug-likeness (QED) is 0.416. The molecular weight excluding hydrogens is 182 g/mol. The third-order valence-corrected chi connectivity index (χ3v) is 1.58. The Hall–Kier alpha value is -1.62. The van der Waals surface area contributed by atoms with Gasteiger partial charge in [-0.25, -0.2) is 10.8 Å². The molecule has 14 heavy (non-hydrogen) atoms. The van der Waals surface area contributed by atoms with Crippen LogP contribution >= 0.6 is 0 Å². The molecule has 1 heterocycles. The van der Waals surface area contributed by atoms with Crippen molar-refractivity contribution in [2.24, 2.45) is 5.84 Å². The van der Waals surface area contributed by atoms with E-state index in [-0.39, 0.29) is 5.91 Å². The van der Waals surface area contributed by atoms with E-state index in [4.69, 9.17) is 10.6 Å². The Morgan fingerprint density at radius 1 is 1.71 bits per heavy atom. The first-order valence-electron chi connectivity index (χ1n) is 4.37. The van der Waals surface area contributed by atoms with Gasteiger partial charge in [-0.05, 0) is 12.5 Å². The molecule has 0 aliphatic rings. The molecule has 1 aromatic heterocycles. The van der Waals surface area contributed by atoms with E-state index in [1.54, 1.807) is 12.1 Å². The van der Waals surface area contributed by atoms with Crippen molar-refractivity contribution in [1.82, 2.24) is 10.4 Å². The summed E-state index contributed by atoms with van der Waals surface area (Å²) in [5.74, 6) is 5.08. The van der Waals surface area contributed by atoms with Gasteiger partial charge in [0.05, 0.1) is 6.61 Å². The van der Waals surface area contributed by atoms with Gasteiger partial charge in [0, 0.05) is 17.8 Å². The Kier molecular flexibility index (Phi) is 3.87. The molecule has 1 rings (SSSR count). The van der Waals surface area contributed by atoms with E-state index in [1.165, 1.54) is 6.20 Å². The lowest BCUT2D eigenvalue weighted by Crippen LogP contribution is -2.29. The number of hydrogen-bond donors (Lipinski definition) is 2. The lowest BCUT2D eigenvalue weighted by Gasteiger charge is -2.04. The molecule has 0 unspecified atom stereocenters. The number of nitrogen functional groups attached to an aromatic ring is 1. The van der Waals surface area contributed by atoms with Crippen LogP contribution in [0.15, 0.2) is 18.3 Å². The number of carbonyl (C=O) groups is 1. The summed E-state index contributed by atoms with van der Waals surface area (Å²) >= 11 is 0. The summed E-state index contributed by atoms with van der Waals surface area (Å²) in [6, 6.07) is 3.12. The summed E-state index contributed by atoms with van der Waals surface area (Å²) < 4.78 is 5.26. The number of nitrogens with two attached hydrogens (primary N) is 1. The SMILES string of the molecule is CCCOc1cc(C(=O)NN)ccn1. The van der Waals surface area contributed by atoms with Gasteiger partial charge in [-0.1, -0.05) is 6.92 Å². The van der Waals surface area contributed by atoms with Crippen molar-refractivity contribution in [3.63, 3.8) is 0 Å². The molecule has 1 aromatic rings.